The molecule has 1 aliphatic rings. The SMILES string of the molecule is O=C(Nc1cnc(-c2ccccc2)nc1)N1CCCC(CO)C1. The third-order valence-corrected chi connectivity index (χ3v) is 4.00. The molecule has 6 heteroatoms. The molecule has 1 unspecified atom stereocenters. The molecule has 2 N–H and O–H groups in total. The maximum atomic E-state index is 12.3. The molecule has 3 rings (SSSR count). The molecule has 1 fully saturated rings. The highest BCUT2D eigenvalue weighted by Gasteiger charge is 2.23. The number of carbonyl (C=O) groups excluding carboxylic acids is 1. The van der Waals surface area contributed by atoms with E-state index in [2.05, 4.69) is 15.3 Å². The monoisotopic (exact) mass is 312 g/mol. The number of carbonyl (C=O) groups is 1. The molecule has 2 aromatic rings. The van der Waals surface area contributed by atoms with E-state index in [1.54, 1.807) is 17.3 Å². The summed E-state index contributed by atoms with van der Waals surface area (Å²) in [7, 11) is 0. The van der Waals surface area contributed by atoms with Crippen LogP contribution in [0.15, 0.2) is 42.7 Å². The molecule has 1 aromatic carbocycles. The molecular formula is C17H20N4O2. The highest BCUT2D eigenvalue weighted by atomic mass is 16.3. The minimum absolute atomic E-state index is 0.124. The Labute approximate surface area is 135 Å². The molecule has 23 heavy (non-hydrogen) atoms. The van der Waals surface area contributed by atoms with Crippen molar-refractivity contribution in [2.75, 3.05) is 25.0 Å². The first-order chi connectivity index (χ1) is 11.3. The summed E-state index contributed by atoms with van der Waals surface area (Å²) in [5, 5.41) is 12.1. The van der Waals surface area contributed by atoms with E-state index in [1.165, 1.54) is 0 Å². The van der Waals surface area contributed by atoms with E-state index in [9.17, 15) is 9.90 Å². The summed E-state index contributed by atoms with van der Waals surface area (Å²) >= 11 is 0. The molecule has 2 amide bonds. The van der Waals surface area contributed by atoms with E-state index in [4.69, 9.17) is 0 Å². The molecule has 1 atom stereocenters. The number of nitrogens with zero attached hydrogens (tertiary/aromatic N) is 3. The summed E-state index contributed by atoms with van der Waals surface area (Å²) < 4.78 is 0. The topological polar surface area (TPSA) is 78.4 Å². The van der Waals surface area contributed by atoms with Crippen molar-refractivity contribution in [3.05, 3.63) is 42.7 Å². The number of piperidine rings is 1. The number of nitrogens with one attached hydrogen (secondary N) is 1. The van der Waals surface area contributed by atoms with Crippen LogP contribution in [0.1, 0.15) is 12.8 Å². The van der Waals surface area contributed by atoms with Crippen molar-refractivity contribution in [3.63, 3.8) is 0 Å². The molecule has 120 valence electrons. The fourth-order valence-electron chi connectivity index (χ4n) is 2.73. The quantitative estimate of drug-likeness (QED) is 0.912. The van der Waals surface area contributed by atoms with Crippen LogP contribution in [0, 0.1) is 5.92 Å². The Morgan fingerprint density at radius 3 is 2.70 bits per heavy atom. The third-order valence-electron chi connectivity index (χ3n) is 4.00. The van der Waals surface area contributed by atoms with Gasteiger partial charge in [-0.25, -0.2) is 14.8 Å². The van der Waals surface area contributed by atoms with Gasteiger partial charge in [-0.3, -0.25) is 0 Å². The van der Waals surface area contributed by atoms with Crippen molar-refractivity contribution in [3.8, 4) is 11.4 Å². The second kappa shape index (κ2) is 7.19. The van der Waals surface area contributed by atoms with E-state index >= 15 is 0 Å². The van der Waals surface area contributed by atoms with Crippen molar-refractivity contribution in [2.24, 2.45) is 5.92 Å². The highest BCUT2D eigenvalue weighted by molar-refractivity contribution is 5.89. The van der Waals surface area contributed by atoms with Crippen LogP contribution in [0.25, 0.3) is 11.4 Å². The number of aliphatic hydroxyl groups is 1. The summed E-state index contributed by atoms with van der Waals surface area (Å²) in [4.78, 5) is 22.6. The van der Waals surface area contributed by atoms with Gasteiger partial charge < -0.3 is 15.3 Å². The molecule has 1 saturated heterocycles. The molecule has 0 radical (unpaired) electrons. The van der Waals surface area contributed by atoms with Gasteiger partial charge in [0, 0.05) is 25.3 Å². The van der Waals surface area contributed by atoms with Gasteiger partial charge in [-0.1, -0.05) is 30.3 Å². The van der Waals surface area contributed by atoms with E-state index in [-0.39, 0.29) is 18.6 Å². The smallest absolute Gasteiger partial charge is 0.321 e. The van der Waals surface area contributed by atoms with Crippen molar-refractivity contribution in [2.45, 2.75) is 12.8 Å². The predicted octanol–water partition coefficient (Wildman–Crippen LogP) is 2.38. The number of urea groups is 1. The Kier molecular flexibility index (Phi) is 4.83. The first kappa shape index (κ1) is 15.4. The Morgan fingerprint density at radius 1 is 1.26 bits per heavy atom. The molecule has 0 aliphatic carbocycles. The van der Waals surface area contributed by atoms with Gasteiger partial charge in [-0.05, 0) is 18.8 Å². The van der Waals surface area contributed by atoms with Gasteiger partial charge in [-0.2, -0.15) is 0 Å². The van der Waals surface area contributed by atoms with Gasteiger partial charge in [0.25, 0.3) is 0 Å². The summed E-state index contributed by atoms with van der Waals surface area (Å²) in [6.45, 7) is 1.43. The summed E-state index contributed by atoms with van der Waals surface area (Å²) in [5.74, 6) is 0.799. The predicted molar refractivity (Wildman–Crippen MR) is 87.9 cm³/mol. The molecule has 0 saturated carbocycles. The molecule has 6 nitrogen and oxygen atoms in total. The number of amides is 2. The largest absolute Gasteiger partial charge is 0.396 e. The lowest BCUT2D eigenvalue weighted by Crippen LogP contribution is -2.43. The average Bonchev–Trinajstić information content (AvgIpc) is 2.63. The number of anilines is 1. The van der Waals surface area contributed by atoms with Crippen molar-refractivity contribution >= 4 is 11.7 Å². The van der Waals surface area contributed by atoms with Crippen LogP contribution < -0.4 is 5.32 Å². The minimum Gasteiger partial charge on any atom is -0.396 e. The van der Waals surface area contributed by atoms with Crippen LogP contribution >= 0.6 is 0 Å². The first-order valence-corrected chi connectivity index (χ1v) is 7.80. The molecule has 2 heterocycles. The van der Waals surface area contributed by atoms with Crippen LogP contribution in [-0.4, -0.2) is 45.7 Å². The Bertz CT molecular complexity index is 645. The first-order valence-electron chi connectivity index (χ1n) is 7.80. The summed E-state index contributed by atoms with van der Waals surface area (Å²) in [5.41, 5.74) is 1.51. The third kappa shape index (κ3) is 3.84. The second-order valence-corrected chi connectivity index (χ2v) is 5.73. The highest BCUT2D eigenvalue weighted by Crippen LogP contribution is 2.18. The zero-order chi connectivity index (χ0) is 16.1. The molecule has 1 aromatic heterocycles. The number of aromatic nitrogens is 2. The zero-order valence-electron chi connectivity index (χ0n) is 12.9. The van der Waals surface area contributed by atoms with Gasteiger partial charge in [0.05, 0.1) is 18.1 Å². The van der Waals surface area contributed by atoms with E-state index in [0.29, 0.717) is 24.6 Å². The Hall–Kier alpha value is -2.47. The number of hydrogen-bond donors (Lipinski definition) is 2. The fraction of sp³-hybridized carbons (Fsp3) is 0.353. The minimum atomic E-state index is -0.167. The number of aliphatic hydroxyl groups excluding tert-OH is 1. The molecule has 0 spiro atoms. The van der Waals surface area contributed by atoms with E-state index in [0.717, 1.165) is 18.4 Å². The van der Waals surface area contributed by atoms with Crippen LogP contribution in [0.3, 0.4) is 0 Å². The van der Waals surface area contributed by atoms with Gasteiger partial charge in [0.15, 0.2) is 5.82 Å². The van der Waals surface area contributed by atoms with Crippen molar-refractivity contribution < 1.29 is 9.90 Å². The lowest BCUT2D eigenvalue weighted by molar-refractivity contribution is 0.136. The van der Waals surface area contributed by atoms with Crippen molar-refractivity contribution in [1.29, 1.82) is 0 Å². The van der Waals surface area contributed by atoms with Gasteiger partial charge in [0.1, 0.15) is 0 Å². The second-order valence-electron chi connectivity index (χ2n) is 5.73. The molecular weight excluding hydrogens is 292 g/mol. The number of hydrogen-bond acceptors (Lipinski definition) is 4. The zero-order valence-corrected chi connectivity index (χ0v) is 12.9. The van der Waals surface area contributed by atoms with Crippen LogP contribution in [-0.2, 0) is 0 Å². The van der Waals surface area contributed by atoms with Crippen LogP contribution in [0.2, 0.25) is 0 Å². The lowest BCUT2D eigenvalue weighted by Gasteiger charge is -2.31. The van der Waals surface area contributed by atoms with Crippen LogP contribution in [0.4, 0.5) is 10.5 Å². The molecule has 0 bridgehead atoms. The Morgan fingerprint density at radius 2 is 2.00 bits per heavy atom. The number of likely N-dealkylation sites (tertiary alicyclic amines) is 1. The fourth-order valence-corrected chi connectivity index (χ4v) is 2.73. The molecule has 1 aliphatic heterocycles. The normalized spacial score (nSPS) is 17.8. The van der Waals surface area contributed by atoms with Gasteiger partial charge in [-0.15, -0.1) is 0 Å². The van der Waals surface area contributed by atoms with Crippen LogP contribution in [0.5, 0.6) is 0 Å². The summed E-state index contributed by atoms with van der Waals surface area (Å²) in [6, 6.07) is 9.52. The standard InChI is InChI=1S/C17H20N4O2/c22-12-13-5-4-8-21(11-13)17(23)20-15-9-18-16(19-10-15)14-6-2-1-3-7-14/h1-3,6-7,9-10,13,22H,4-5,8,11-12H2,(H,20,23). The van der Waals surface area contributed by atoms with Gasteiger partial charge >= 0.3 is 6.03 Å². The maximum Gasteiger partial charge on any atom is 0.321 e. The van der Waals surface area contributed by atoms with E-state index in [1.807, 2.05) is 30.3 Å². The number of rotatable bonds is 3. The maximum absolute atomic E-state index is 12.3. The number of benzene rings is 1. The summed E-state index contributed by atoms with van der Waals surface area (Å²) in [6.07, 6.45) is 5.11. The van der Waals surface area contributed by atoms with Crippen molar-refractivity contribution in [1.82, 2.24) is 14.9 Å². The lowest BCUT2D eigenvalue weighted by atomic mass is 9.99. The van der Waals surface area contributed by atoms with E-state index < -0.39 is 0 Å². The van der Waals surface area contributed by atoms with Gasteiger partial charge in [0.2, 0.25) is 0 Å². The average molecular weight is 312 g/mol. The Balaban J connectivity index is 1.63.